The molecular weight excluding hydrogens is 202 g/mol. The summed E-state index contributed by atoms with van der Waals surface area (Å²) in [4.78, 5) is 18.3. The summed E-state index contributed by atoms with van der Waals surface area (Å²) >= 11 is 5.46. The zero-order chi connectivity index (χ0) is 10.4. The third-order valence-electron chi connectivity index (χ3n) is 1.91. The number of aromatic nitrogens is 2. The van der Waals surface area contributed by atoms with E-state index >= 15 is 0 Å². The summed E-state index contributed by atoms with van der Waals surface area (Å²) in [6.45, 7) is 1.99. The van der Waals surface area contributed by atoms with E-state index in [1.165, 1.54) is 0 Å². The van der Waals surface area contributed by atoms with Crippen molar-refractivity contribution in [3.8, 4) is 0 Å². The van der Waals surface area contributed by atoms with Crippen LogP contribution in [0.15, 0.2) is 12.4 Å². The van der Waals surface area contributed by atoms with Crippen molar-refractivity contribution in [2.75, 3.05) is 5.88 Å². The van der Waals surface area contributed by atoms with Crippen molar-refractivity contribution < 1.29 is 4.79 Å². The Hall–Kier alpha value is -1.03. The van der Waals surface area contributed by atoms with Gasteiger partial charge in [-0.2, -0.15) is 0 Å². The Morgan fingerprint density at radius 1 is 1.79 bits per heavy atom. The molecule has 2 N–H and O–H groups in total. The van der Waals surface area contributed by atoms with E-state index in [0.717, 1.165) is 12.2 Å². The van der Waals surface area contributed by atoms with Crippen LogP contribution >= 0.6 is 11.6 Å². The number of carbonyl (C=O) groups excluding carboxylic acids is 1. The lowest BCUT2D eigenvalue weighted by atomic mass is 10.2. The molecule has 1 rings (SSSR count). The van der Waals surface area contributed by atoms with Gasteiger partial charge < -0.3 is 10.3 Å². The van der Waals surface area contributed by atoms with Gasteiger partial charge in [-0.3, -0.25) is 4.79 Å². The summed E-state index contributed by atoms with van der Waals surface area (Å²) in [5, 5.41) is 2.85. The minimum absolute atomic E-state index is 0.0387. The van der Waals surface area contributed by atoms with Crippen LogP contribution in [0.2, 0.25) is 0 Å². The number of halogens is 1. The highest BCUT2D eigenvalue weighted by atomic mass is 35.5. The second-order valence-corrected chi connectivity index (χ2v) is 3.32. The smallest absolute Gasteiger partial charge is 0.221 e. The van der Waals surface area contributed by atoms with Gasteiger partial charge in [-0.25, -0.2) is 4.98 Å². The summed E-state index contributed by atoms with van der Waals surface area (Å²) < 4.78 is 0. The topological polar surface area (TPSA) is 57.8 Å². The Morgan fingerprint density at radius 2 is 2.57 bits per heavy atom. The van der Waals surface area contributed by atoms with Crippen molar-refractivity contribution in [3.63, 3.8) is 0 Å². The van der Waals surface area contributed by atoms with Gasteiger partial charge in [0.1, 0.15) is 5.82 Å². The molecule has 1 atom stereocenters. The number of aromatic amines is 1. The van der Waals surface area contributed by atoms with Crippen LogP contribution in [0.1, 0.15) is 31.6 Å². The number of carbonyl (C=O) groups is 1. The van der Waals surface area contributed by atoms with Crippen LogP contribution in [-0.2, 0) is 4.79 Å². The van der Waals surface area contributed by atoms with Gasteiger partial charge >= 0.3 is 0 Å². The Balaban J connectivity index is 2.51. The Kier molecular flexibility index (Phi) is 4.46. The normalized spacial score (nSPS) is 12.4. The van der Waals surface area contributed by atoms with E-state index < -0.39 is 0 Å². The number of hydrogen-bond donors (Lipinski definition) is 2. The van der Waals surface area contributed by atoms with Crippen LogP contribution in [-0.4, -0.2) is 21.8 Å². The fourth-order valence-corrected chi connectivity index (χ4v) is 1.36. The van der Waals surface area contributed by atoms with Crippen LogP contribution in [0.3, 0.4) is 0 Å². The van der Waals surface area contributed by atoms with Crippen molar-refractivity contribution in [1.29, 1.82) is 0 Å². The van der Waals surface area contributed by atoms with E-state index in [9.17, 15) is 4.79 Å². The molecule has 0 aliphatic carbocycles. The van der Waals surface area contributed by atoms with Crippen LogP contribution in [0, 0.1) is 0 Å². The molecular formula is C9H14ClN3O. The average molecular weight is 216 g/mol. The van der Waals surface area contributed by atoms with Gasteiger partial charge in [-0.1, -0.05) is 6.92 Å². The fraction of sp³-hybridized carbons (Fsp3) is 0.556. The van der Waals surface area contributed by atoms with Crippen molar-refractivity contribution in [1.82, 2.24) is 15.3 Å². The average Bonchev–Trinajstić information content (AvgIpc) is 2.67. The van der Waals surface area contributed by atoms with Crippen molar-refractivity contribution in [3.05, 3.63) is 18.2 Å². The largest absolute Gasteiger partial charge is 0.347 e. The summed E-state index contributed by atoms with van der Waals surface area (Å²) in [5.41, 5.74) is 0. The van der Waals surface area contributed by atoms with Gasteiger partial charge in [0.25, 0.3) is 0 Å². The van der Waals surface area contributed by atoms with E-state index in [1.54, 1.807) is 12.4 Å². The van der Waals surface area contributed by atoms with E-state index in [2.05, 4.69) is 15.3 Å². The van der Waals surface area contributed by atoms with Gasteiger partial charge in [-0.15, -0.1) is 11.6 Å². The summed E-state index contributed by atoms with van der Waals surface area (Å²) in [5.74, 6) is 1.10. The minimum Gasteiger partial charge on any atom is -0.347 e. The summed E-state index contributed by atoms with van der Waals surface area (Å²) in [7, 11) is 0. The molecule has 0 radical (unpaired) electrons. The highest BCUT2D eigenvalue weighted by Gasteiger charge is 2.13. The predicted octanol–water partition coefficient (Wildman–Crippen LogP) is 1.61. The maximum absolute atomic E-state index is 11.3. The number of H-pyrrole nitrogens is 1. The molecule has 1 amide bonds. The second kappa shape index (κ2) is 5.65. The molecule has 78 valence electrons. The molecule has 0 fully saturated rings. The molecule has 5 heteroatoms. The molecule has 1 heterocycles. The molecule has 14 heavy (non-hydrogen) atoms. The third kappa shape index (κ3) is 3.03. The predicted molar refractivity (Wildman–Crippen MR) is 55.1 cm³/mol. The van der Waals surface area contributed by atoms with Crippen LogP contribution in [0.4, 0.5) is 0 Å². The molecule has 1 unspecified atom stereocenters. The van der Waals surface area contributed by atoms with E-state index in [-0.39, 0.29) is 11.9 Å². The maximum Gasteiger partial charge on any atom is 0.221 e. The zero-order valence-corrected chi connectivity index (χ0v) is 8.84. The maximum atomic E-state index is 11.3. The second-order valence-electron chi connectivity index (χ2n) is 2.94. The van der Waals surface area contributed by atoms with E-state index in [0.29, 0.717) is 12.3 Å². The molecule has 4 nitrogen and oxygen atoms in total. The molecule has 0 aliphatic rings. The number of alkyl halides is 1. The summed E-state index contributed by atoms with van der Waals surface area (Å²) in [6, 6.07) is -0.0410. The first kappa shape index (κ1) is 11.0. The Morgan fingerprint density at radius 3 is 3.07 bits per heavy atom. The first-order valence-electron chi connectivity index (χ1n) is 4.62. The molecule has 1 aromatic heterocycles. The van der Waals surface area contributed by atoms with Crippen molar-refractivity contribution >= 4 is 17.5 Å². The zero-order valence-electron chi connectivity index (χ0n) is 8.09. The highest BCUT2D eigenvalue weighted by molar-refractivity contribution is 6.18. The number of rotatable bonds is 5. The highest BCUT2D eigenvalue weighted by Crippen LogP contribution is 2.11. The number of nitrogens with zero attached hydrogens (tertiary/aromatic N) is 1. The van der Waals surface area contributed by atoms with Gasteiger partial charge in [-0.05, 0) is 6.42 Å². The lowest BCUT2D eigenvalue weighted by Crippen LogP contribution is -2.28. The number of nitrogens with one attached hydrogen (secondary N) is 2. The lowest BCUT2D eigenvalue weighted by Gasteiger charge is -2.13. The van der Waals surface area contributed by atoms with Gasteiger partial charge in [0, 0.05) is 24.7 Å². The lowest BCUT2D eigenvalue weighted by molar-refractivity contribution is -0.121. The molecule has 0 aromatic carbocycles. The molecule has 0 aliphatic heterocycles. The van der Waals surface area contributed by atoms with E-state index in [4.69, 9.17) is 11.6 Å². The molecule has 0 bridgehead atoms. The fourth-order valence-electron chi connectivity index (χ4n) is 1.18. The van der Waals surface area contributed by atoms with Crippen LogP contribution < -0.4 is 5.32 Å². The quantitative estimate of drug-likeness (QED) is 0.734. The first-order valence-corrected chi connectivity index (χ1v) is 5.16. The number of hydrogen-bond acceptors (Lipinski definition) is 2. The minimum atomic E-state index is -0.0410. The van der Waals surface area contributed by atoms with Crippen molar-refractivity contribution in [2.24, 2.45) is 0 Å². The molecule has 0 spiro atoms. The number of amides is 1. The Labute approximate surface area is 88.1 Å². The molecule has 0 saturated heterocycles. The number of imidazole rings is 1. The van der Waals surface area contributed by atoms with Gasteiger partial charge in [0.15, 0.2) is 0 Å². The SMILES string of the molecule is CCC(NC(=O)CCCl)c1ncc[nH]1. The monoisotopic (exact) mass is 215 g/mol. The van der Waals surface area contributed by atoms with Crippen molar-refractivity contribution in [2.45, 2.75) is 25.8 Å². The van der Waals surface area contributed by atoms with E-state index in [1.807, 2.05) is 6.92 Å². The molecule has 0 saturated carbocycles. The first-order chi connectivity index (χ1) is 6.77. The molecule has 1 aromatic rings. The van der Waals surface area contributed by atoms with Gasteiger partial charge in [0.05, 0.1) is 6.04 Å². The van der Waals surface area contributed by atoms with Gasteiger partial charge in [0.2, 0.25) is 5.91 Å². The summed E-state index contributed by atoms with van der Waals surface area (Å²) in [6.07, 6.45) is 4.57. The third-order valence-corrected chi connectivity index (χ3v) is 2.10. The van der Waals surface area contributed by atoms with Crippen LogP contribution in [0.25, 0.3) is 0 Å². The van der Waals surface area contributed by atoms with Crippen LogP contribution in [0.5, 0.6) is 0 Å². The Bertz CT molecular complexity index is 274. The standard InChI is InChI=1S/C9H14ClN3O/c1-2-7(9-11-5-6-12-9)13-8(14)3-4-10/h5-7H,2-4H2,1H3,(H,11,12)(H,13,14).